The maximum absolute atomic E-state index is 13.3. The van der Waals surface area contributed by atoms with Crippen LogP contribution in [0.3, 0.4) is 0 Å². The average Bonchev–Trinajstić information content (AvgIpc) is 2.95. The number of sulfonamides is 1. The van der Waals surface area contributed by atoms with Crippen molar-refractivity contribution >= 4 is 21.4 Å². The first-order valence-corrected chi connectivity index (χ1v) is 9.13. The van der Waals surface area contributed by atoms with Gasteiger partial charge in [-0.1, -0.05) is 12.1 Å². The van der Waals surface area contributed by atoms with Gasteiger partial charge in [0, 0.05) is 11.4 Å². The first kappa shape index (κ1) is 17.1. The molecule has 1 aromatic heterocycles. The predicted molar refractivity (Wildman–Crippen MR) is 87.1 cm³/mol. The van der Waals surface area contributed by atoms with Crippen molar-refractivity contribution in [1.29, 1.82) is 0 Å². The number of hydrogen-bond donors (Lipinski definition) is 1. The van der Waals surface area contributed by atoms with Crippen LogP contribution in [0.2, 0.25) is 0 Å². The maximum Gasteiger partial charge on any atom is 0.240 e. The Hall–Kier alpha value is -1.28. The smallest absolute Gasteiger partial charge is 0.240 e. The van der Waals surface area contributed by atoms with Gasteiger partial charge in [0.15, 0.2) is 0 Å². The number of likely N-dealkylation sites (N-methyl/N-ethyl adjacent to an activating group) is 1. The molecule has 0 radical (unpaired) electrons. The molecule has 1 N–H and O–H groups in total. The fraction of sp³-hybridized carbons (Fsp3) is 0.333. The van der Waals surface area contributed by atoms with Crippen LogP contribution in [0.4, 0.5) is 4.39 Å². The summed E-state index contributed by atoms with van der Waals surface area (Å²) in [6.07, 6.45) is 0. The van der Waals surface area contributed by atoms with E-state index in [1.807, 2.05) is 36.5 Å². The summed E-state index contributed by atoms with van der Waals surface area (Å²) >= 11 is 1.57. The first-order valence-electron chi connectivity index (χ1n) is 6.77. The van der Waals surface area contributed by atoms with Gasteiger partial charge in [-0.05, 0) is 50.2 Å². The fourth-order valence-corrected chi connectivity index (χ4v) is 4.36. The van der Waals surface area contributed by atoms with E-state index in [2.05, 4.69) is 4.72 Å². The monoisotopic (exact) mass is 342 g/mol. The van der Waals surface area contributed by atoms with E-state index in [4.69, 9.17) is 0 Å². The summed E-state index contributed by atoms with van der Waals surface area (Å²) in [6.45, 7) is 1.88. The van der Waals surface area contributed by atoms with Gasteiger partial charge in [0.25, 0.3) is 0 Å². The number of nitrogens with one attached hydrogen (secondary N) is 1. The normalized spacial score (nSPS) is 13.5. The van der Waals surface area contributed by atoms with Crippen LogP contribution in [0.5, 0.6) is 0 Å². The van der Waals surface area contributed by atoms with Crippen LogP contribution >= 0.6 is 11.3 Å². The summed E-state index contributed by atoms with van der Waals surface area (Å²) in [5, 5.41) is 1.96. The van der Waals surface area contributed by atoms with Gasteiger partial charge in [-0.3, -0.25) is 0 Å². The van der Waals surface area contributed by atoms with Crippen molar-refractivity contribution in [2.75, 3.05) is 20.6 Å². The molecule has 0 saturated carbocycles. The minimum absolute atomic E-state index is 0.0174. The van der Waals surface area contributed by atoms with Gasteiger partial charge in [0.1, 0.15) is 5.82 Å². The van der Waals surface area contributed by atoms with E-state index in [1.165, 1.54) is 12.1 Å². The van der Waals surface area contributed by atoms with Crippen molar-refractivity contribution < 1.29 is 12.8 Å². The number of benzene rings is 1. The SMILES string of the molecule is Cc1ccc(F)cc1S(=O)(=O)NCC(c1cccs1)N(C)C. The van der Waals surface area contributed by atoms with Crippen molar-refractivity contribution in [3.8, 4) is 0 Å². The van der Waals surface area contributed by atoms with Crippen molar-refractivity contribution in [1.82, 2.24) is 9.62 Å². The van der Waals surface area contributed by atoms with E-state index < -0.39 is 15.8 Å². The highest BCUT2D eigenvalue weighted by atomic mass is 32.2. The molecule has 7 heteroatoms. The van der Waals surface area contributed by atoms with E-state index in [9.17, 15) is 12.8 Å². The molecule has 0 saturated heterocycles. The fourth-order valence-electron chi connectivity index (χ4n) is 2.15. The van der Waals surface area contributed by atoms with Gasteiger partial charge in [0.2, 0.25) is 10.0 Å². The second-order valence-electron chi connectivity index (χ2n) is 5.26. The highest BCUT2D eigenvalue weighted by molar-refractivity contribution is 7.89. The molecule has 1 heterocycles. The standard InChI is InChI=1S/C15H19FN2O2S2/c1-11-6-7-12(16)9-15(11)22(19,20)17-10-13(18(2)3)14-5-4-8-21-14/h4-9,13,17H,10H2,1-3H3. The first-order chi connectivity index (χ1) is 10.3. The highest BCUT2D eigenvalue weighted by Crippen LogP contribution is 2.23. The molecule has 0 aliphatic rings. The lowest BCUT2D eigenvalue weighted by Crippen LogP contribution is -2.34. The van der Waals surface area contributed by atoms with Gasteiger partial charge in [-0.15, -0.1) is 11.3 Å². The number of rotatable bonds is 6. The van der Waals surface area contributed by atoms with Gasteiger partial charge < -0.3 is 4.90 Å². The topological polar surface area (TPSA) is 49.4 Å². The molecule has 0 spiro atoms. The molecule has 1 aromatic carbocycles. The Bertz CT molecular complexity index is 728. The van der Waals surface area contributed by atoms with Crippen molar-refractivity contribution in [3.63, 3.8) is 0 Å². The van der Waals surface area contributed by atoms with Gasteiger partial charge in [0.05, 0.1) is 10.9 Å². The van der Waals surface area contributed by atoms with Crippen molar-refractivity contribution in [3.05, 3.63) is 52.0 Å². The van der Waals surface area contributed by atoms with Crippen LogP contribution in [0.15, 0.2) is 40.6 Å². The Morgan fingerprint density at radius 1 is 1.32 bits per heavy atom. The van der Waals surface area contributed by atoms with E-state index in [0.29, 0.717) is 5.56 Å². The summed E-state index contributed by atoms with van der Waals surface area (Å²) in [7, 11) is 0.0448. The maximum atomic E-state index is 13.3. The Morgan fingerprint density at radius 3 is 2.64 bits per heavy atom. The van der Waals surface area contributed by atoms with Gasteiger partial charge in [-0.2, -0.15) is 0 Å². The molecule has 22 heavy (non-hydrogen) atoms. The van der Waals surface area contributed by atoms with Crippen LogP contribution in [-0.4, -0.2) is 34.0 Å². The van der Waals surface area contributed by atoms with Crippen LogP contribution in [-0.2, 0) is 10.0 Å². The third kappa shape index (κ3) is 3.92. The largest absolute Gasteiger partial charge is 0.300 e. The van der Waals surface area contributed by atoms with Crippen LogP contribution in [0.25, 0.3) is 0 Å². The molecule has 2 aromatic rings. The molecule has 0 aliphatic heterocycles. The molecule has 0 aliphatic carbocycles. The van der Waals surface area contributed by atoms with Gasteiger partial charge in [-0.25, -0.2) is 17.5 Å². The lowest BCUT2D eigenvalue weighted by molar-refractivity contribution is 0.303. The Balaban J connectivity index is 2.20. The quantitative estimate of drug-likeness (QED) is 0.878. The van der Waals surface area contributed by atoms with Gasteiger partial charge >= 0.3 is 0 Å². The van der Waals surface area contributed by atoms with E-state index >= 15 is 0 Å². The molecule has 0 amide bonds. The van der Waals surface area contributed by atoms with E-state index in [1.54, 1.807) is 18.3 Å². The Labute approximate surface area is 134 Å². The molecular weight excluding hydrogens is 323 g/mol. The molecule has 4 nitrogen and oxygen atoms in total. The molecule has 1 unspecified atom stereocenters. The van der Waals surface area contributed by atoms with E-state index in [0.717, 1.165) is 10.9 Å². The number of hydrogen-bond acceptors (Lipinski definition) is 4. The second-order valence-corrected chi connectivity index (χ2v) is 7.97. The Morgan fingerprint density at radius 2 is 2.05 bits per heavy atom. The predicted octanol–water partition coefficient (Wildman–Crippen LogP) is 2.78. The average molecular weight is 342 g/mol. The van der Waals surface area contributed by atoms with Crippen LogP contribution in [0.1, 0.15) is 16.5 Å². The minimum Gasteiger partial charge on any atom is -0.300 e. The molecule has 120 valence electrons. The summed E-state index contributed by atoms with van der Waals surface area (Å²) < 4.78 is 40.7. The van der Waals surface area contributed by atoms with Crippen LogP contribution < -0.4 is 4.72 Å². The summed E-state index contributed by atoms with van der Waals surface area (Å²) in [5.74, 6) is -0.562. The lowest BCUT2D eigenvalue weighted by atomic mass is 10.2. The molecular formula is C15H19FN2O2S2. The highest BCUT2D eigenvalue weighted by Gasteiger charge is 2.22. The molecule has 0 bridgehead atoms. The number of halogens is 1. The second kappa shape index (κ2) is 6.87. The lowest BCUT2D eigenvalue weighted by Gasteiger charge is -2.23. The molecule has 0 fully saturated rings. The van der Waals surface area contributed by atoms with E-state index in [-0.39, 0.29) is 17.5 Å². The number of nitrogens with zero attached hydrogens (tertiary/aromatic N) is 1. The van der Waals surface area contributed by atoms with Crippen LogP contribution in [0, 0.1) is 12.7 Å². The number of aryl methyl sites for hydroxylation is 1. The zero-order valence-corrected chi connectivity index (χ0v) is 14.3. The summed E-state index contributed by atoms with van der Waals surface area (Å²) in [6, 6.07) is 7.60. The van der Waals surface area contributed by atoms with Crippen molar-refractivity contribution in [2.24, 2.45) is 0 Å². The summed E-state index contributed by atoms with van der Waals surface area (Å²) in [5.41, 5.74) is 0.520. The zero-order chi connectivity index (χ0) is 16.3. The summed E-state index contributed by atoms with van der Waals surface area (Å²) in [4.78, 5) is 3.01. The minimum atomic E-state index is -3.75. The Kier molecular flexibility index (Phi) is 5.33. The zero-order valence-electron chi connectivity index (χ0n) is 12.7. The third-order valence-electron chi connectivity index (χ3n) is 3.40. The number of thiophene rings is 1. The molecule has 1 atom stereocenters. The third-order valence-corrected chi connectivity index (χ3v) is 5.94. The van der Waals surface area contributed by atoms with Crippen molar-refractivity contribution in [2.45, 2.75) is 17.9 Å². The molecule has 2 rings (SSSR count).